The van der Waals surface area contributed by atoms with E-state index in [-0.39, 0.29) is 47.5 Å². The third-order valence-corrected chi connectivity index (χ3v) is 7.04. The third-order valence-electron chi connectivity index (χ3n) is 6.30. The predicted octanol–water partition coefficient (Wildman–Crippen LogP) is 3.58. The lowest BCUT2D eigenvalue weighted by Crippen LogP contribution is -2.41. The first kappa shape index (κ1) is 26.2. The molecule has 0 unspecified atom stereocenters. The maximum absolute atomic E-state index is 13.6. The van der Waals surface area contributed by atoms with Crippen LogP contribution in [0, 0.1) is 0 Å². The highest BCUT2D eigenvalue weighted by atomic mass is 35.5. The molecule has 0 saturated heterocycles. The number of carbonyl (C=O) groups is 3. The highest BCUT2D eigenvalue weighted by Gasteiger charge is 2.33. The van der Waals surface area contributed by atoms with Gasteiger partial charge in [0.25, 0.3) is 17.7 Å². The summed E-state index contributed by atoms with van der Waals surface area (Å²) in [6.45, 7) is 0.277. The zero-order valence-electron chi connectivity index (χ0n) is 20.6. The number of rotatable bonds is 5. The molecule has 1 aliphatic heterocycles. The number of imide groups is 1. The van der Waals surface area contributed by atoms with Crippen LogP contribution in [0.2, 0.25) is 10.0 Å². The SMILES string of the molecule is COc1ccc(-n2c(C(=O)NC(=O)c3ccccc3)c3n(c2=O)CCN(C(=O)c2ccc(Cl)c(Cl)c2)C3)cn1. The lowest BCUT2D eigenvalue weighted by molar-refractivity contribution is 0.0704. The summed E-state index contributed by atoms with van der Waals surface area (Å²) in [6.07, 6.45) is 1.39. The van der Waals surface area contributed by atoms with Crippen molar-refractivity contribution in [3.8, 4) is 11.6 Å². The van der Waals surface area contributed by atoms with Gasteiger partial charge in [-0.25, -0.2) is 9.78 Å². The summed E-state index contributed by atoms with van der Waals surface area (Å²) in [4.78, 5) is 58.9. The van der Waals surface area contributed by atoms with Crippen LogP contribution in [0.15, 0.2) is 71.7 Å². The first-order valence-corrected chi connectivity index (χ1v) is 12.5. The van der Waals surface area contributed by atoms with Gasteiger partial charge in [-0.1, -0.05) is 41.4 Å². The number of pyridine rings is 1. The minimum absolute atomic E-state index is 0.0623. The fraction of sp³-hybridized carbons (Fsp3) is 0.148. The first-order chi connectivity index (χ1) is 18.8. The van der Waals surface area contributed by atoms with Gasteiger partial charge in [0.2, 0.25) is 5.88 Å². The number of amides is 3. The van der Waals surface area contributed by atoms with Gasteiger partial charge in [0.15, 0.2) is 0 Å². The van der Waals surface area contributed by atoms with Crippen molar-refractivity contribution < 1.29 is 19.1 Å². The van der Waals surface area contributed by atoms with Gasteiger partial charge in [-0.2, -0.15) is 0 Å². The summed E-state index contributed by atoms with van der Waals surface area (Å²) in [5, 5.41) is 2.91. The summed E-state index contributed by atoms with van der Waals surface area (Å²) in [7, 11) is 1.46. The van der Waals surface area contributed by atoms with E-state index in [2.05, 4.69) is 10.3 Å². The zero-order valence-corrected chi connectivity index (χ0v) is 22.1. The smallest absolute Gasteiger partial charge is 0.333 e. The molecular weight excluding hydrogens is 545 g/mol. The van der Waals surface area contributed by atoms with Crippen LogP contribution in [-0.2, 0) is 13.1 Å². The standard InChI is InChI=1S/C27H21Cl2N5O5/c1-39-22-10-8-18(14-30-22)34-23(25(36)31-24(35)16-5-3-2-4-6-16)21-15-32(11-12-33(21)27(34)38)26(37)17-7-9-19(28)20(29)13-17/h2-10,13-14H,11-12,15H2,1H3,(H,31,35,36). The molecule has 0 aliphatic carbocycles. The molecule has 0 radical (unpaired) electrons. The van der Waals surface area contributed by atoms with E-state index in [9.17, 15) is 19.2 Å². The number of fused-ring (bicyclic) bond motifs is 1. The molecule has 3 amide bonds. The zero-order chi connectivity index (χ0) is 27.7. The van der Waals surface area contributed by atoms with Crippen molar-refractivity contribution in [2.75, 3.05) is 13.7 Å². The average Bonchev–Trinajstić information content (AvgIpc) is 3.26. The molecule has 0 saturated carbocycles. The van der Waals surface area contributed by atoms with Crippen LogP contribution in [0.3, 0.4) is 0 Å². The van der Waals surface area contributed by atoms with Crippen molar-refractivity contribution in [2.24, 2.45) is 0 Å². The van der Waals surface area contributed by atoms with Gasteiger partial charge in [0.1, 0.15) is 5.69 Å². The summed E-state index contributed by atoms with van der Waals surface area (Å²) < 4.78 is 7.71. The third kappa shape index (κ3) is 5.04. The maximum Gasteiger partial charge on any atom is 0.333 e. The van der Waals surface area contributed by atoms with Crippen LogP contribution in [0.1, 0.15) is 36.9 Å². The van der Waals surface area contributed by atoms with Gasteiger partial charge in [-0.05, 0) is 36.4 Å². The molecule has 0 bridgehead atoms. The second kappa shape index (κ2) is 10.8. The number of methoxy groups -OCH3 is 1. The van der Waals surface area contributed by atoms with Crippen molar-refractivity contribution in [1.29, 1.82) is 0 Å². The van der Waals surface area contributed by atoms with Crippen molar-refractivity contribution in [3.63, 3.8) is 0 Å². The Bertz CT molecular complexity index is 1650. The molecule has 1 N–H and O–H groups in total. The van der Waals surface area contributed by atoms with Crippen LogP contribution in [0.25, 0.3) is 5.69 Å². The molecule has 3 heterocycles. The number of aromatic nitrogens is 3. The molecule has 5 rings (SSSR count). The van der Waals surface area contributed by atoms with Crippen molar-refractivity contribution in [3.05, 3.63) is 110 Å². The molecule has 12 heteroatoms. The Balaban J connectivity index is 1.56. The molecule has 2 aromatic heterocycles. The number of hydrogen-bond acceptors (Lipinski definition) is 6. The number of imidazole rings is 1. The van der Waals surface area contributed by atoms with Crippen molar-refractivity contribution >= 4 is 40.9 Å². The van der Waals surface area contributed by atoms with E-state index < -0.39 is 17.5 Å². The van der Waals surface area contributed by atoms with E-state index >= 15 is 0 Å². The number of nitrogens with zero attached hydrogens (tertiary/aromatic N) is 4. The Kier molecular flexibility index (Phi) is 7.23. The minimum Gasteiger partial charge on any atom is -0.481 e. The molecule has 0 spiro atoms. The molecule has 198 valence electrons. The number of ether oxygens (including phenoxy) is 1. The predicted molar refractivity (Wildman–Crippen MR) is 144 cm³/mol. The minimum atomic E-state index is -0.797. The molecule has 0 atom stereocenters. The Hall–Kier alpha value is -4.41. The van der Waals surface area contributed by atoms with Crippen LogP contribution in [-0.4, -0.2) is 50.4 Å². The maximum atomic E-state index is 13.6. The monoisotopic (exact) mass is 565 g/mol. The topological polar surface area (TPSA) is 116 Å². The molecule has 39 heavy (non-hydrogen) atoms. The largest absolute Gasteiger partial charge is 0.481 e. The van der Waals surface area contributed by atoms with E-state index in [1.54, 1.807) is 48.5 Å². The van der Waals surface area contributed by atoms with E-state index in [4.69, 9.17) is 27.9 Å². The van der Waals surface area contributed by atoms with Gasteiger partial charge in [-0.15, -0.1) is 0 Å². The number of hydrogen-bond donors (Lipinski definition) is 1. The van der Waals surface area contributed by atoms with Crippen LogP contribution in [0.5, 0.6) is 5.88 Å². The quantitative estimate of drug-likeness (QED) is 0.370. The lowest BCUT2D eigenvalue weighted by atomic mass is 10.1. The first-order valence-electron chi connectivity index (χ1n) is 11.8. The fourth-order valence-corrected chi connectivity index (χ4v) is 4.66. The Morgan fingerprint density at radius 3 is 2.36 bits per heavy atom. The molecule has 2 aromatic carbocycles. The summed E-state index contributed by atoms with van der Waals surface area (Å²) in [6, 6.07) is 15.9. The van der Waals surface area contributed by atoms with Crippen molar-refractivity contribution in [1.82, 2.24) is 24.3 Å². The fourth-order valence-electron chi connectivity index (χ4n) is 4.37. The van der Waals surface area contributed by atoms with Gasteiger partial charge in [0, 0.05) is 30.3 Å². The number of carbonyl (C=O) groups excluding carboxylic acids is 3. The van der Waals surface area contributed by atoms with Crippen LogP contribution >= 0.6 is 23.2 Å². The average molecular weight is 566 g/mol. The number of halogens is 2. The Labute approximate surface area is 232 Å². The van der Waals surface area contributed by atoms with Crippen molar-refractivity contribution in [2.45, 2.75) is 13.1 Å². The number of benzene rings is 2. The summed E-state index contributed by atoms with van der Waals surface area (Å²) in [5.41, 5.74) is 0.564. The summed E-state index contributed by atoms with van der Waals surface area (Å²) >= 11 is 12.1. The molecule has 0 fully saturated rings. The normalized spacial score (nSPS) is 12.5. The van der Waals surface area contributed by atoms with Crippen LogP contribution < -0.4 is 15.7 Å². The Morgan fingerprint density at radius 2 is 1.69 bits per heavy atom. The van der Waals surface area contributed by atoms with Gasteiger partial charge in [-0.3, -0.25) is 28.8 Å². The van der Waals surface area contributed by atoms with E-state index in [1.807, 2.05) is 0 Å². The molecule has 10 nitrogen and oxygen atoms in total. The highest BCUT2D eigenvalue weighted by Crippen LogP contribution is 2.25. The van der Waals surface area contributed by atoms with E-state index in [0.717, 1.165) is 0 Å². The molecular formula is C27H21Cl2N5O5. The number of nitrogens with one attached hydrogen (secondary N) is 1. The van der Waals surface area contributed by atoms with E-state index in [1.165, 1.54) is 39.5 Å². The molecule has 1 aliphatic rings. The summed E-state index contributed by atoms with van der Waals surface area (Å²) in [5.74, 6) is -1.46. The molecule has 4 aromatic rings. The highest BCUT2D eigenvalue weighted by molar-refractivity contribution is 6.42. The Morgan fingerprint density at radius 1 is 0.923 bits per heavy atom. The van der Waals surface area contributed by atoms with Gasteiger partial charge in [0.05, 0.1) is 41.3 Å². The second-order valence-electron chi connectivity index (χ2n) is 8.63. The van der Waals surface area contributed by atoms with Crippen LogP contribution in [0.4, 0.5) is 0 Å². The lowest BCUT2D eigenvalue weighted by Gasteiger charge is -2.28. The van der Waals surface area contributed by atoms with E-state index in [0.29, 0.717) is 22.2 Å². The van der Waals surface area contributed by atoms with Gasteiger partial charge < -0.3 is 9.64 Å². The second-order valence-corrected chi connectivity index (χ2v) is 9.44. The van der Waals surface area contributed by atoms with Gasteiger partial charge >= 0.3 is 5.69 Å².